The van der Waals surface area contributed by atoms with Crippen molar-refractivity contribution < 1.29 is 4.74 Å². The van der Waals surface area contributed by atoms with Crippen molar-refractivity contribution in [2.75, 3.05) is 13.7 Å². The third-order valence-corrected chi connectivity index (χ3v) is 4.45. The van der Waals surface area contributed by atoms with Gasteiger partial charge in [-0.2, -0.15) is 0 Å². The van der Waals surface area contributed by atoms with Crippen LogP contribution in [0.2, 0.25) is 0 Å². The second-order valence-corrected chi connectivity index (χ2v) is 6.41. The number of benzene rings is 1. The summed E-state index contributed by atoms with van der Waals surface area (Å²) < 4.78 is 5.33. The maximum absolute atomic E-state index is 5.33. The normalized spacial score (nSPS) is 19.1. The summed E-state index contributed by atoms with van der Waals surface area (Å²) in [6.45, 7) is 8.01. The number of fused-ring (bicyclic) bond motifs is 1. The molecule has 0 aliphatic heterocycles. The average Bonchev–Trinajstić information content (AvgIpc) is 2.44. The van der Waals surface area contributed by atoms with Crippen LogP contribution in [-0.4, -0.2) is 13.7 Å². The molecule has 106 valence electrons. The van der Waals surface area contributed by atoms with Crippen LogP contribution >= 0.6 is 0 Å². The zero-order valence-corrected chi connectivity index (χ0v) is 12.8. The Hall–Kier alpha value is -1.02. The van der Waals surface area contributed by atoms with Gasteiger partial charge in [0.1, 0.15) is 5.75 Å². The van der Waals surface area contributed by atoms with Crippen molar-refractivity contribution in [2.45, 2.75) is 52.5 Å². The molecule has 2 heteroatoms. The quantitative estimate of drug-likeness (QED) is 0.861. The van der Waals surface area contributed by atoms with Gasteiger partial charge in [0.2, 0.25) is 0 Å². The van der Waals surface area contributed by atoms with Crippen LogP contribution in [-0.2, 0) is 6.42 Å². The van der Waals surface area contributed by atoms with E-state index < -0.39 is 0 Å². The molecule has 0 aromatic heterocycles. The van der Waals surface area contributed by atoms with Gasteiger partial charge in [0, 0.05) is 12.6 Å². The molecule has 1 aromatic carbocycles. The summed E-state index contributed by atoms with van der Waals surface area (Å²) in [5.41, 5.74) is 3.31. The number of hydrogen-bond acceptors (Lipinski definition) is 2. The van der Waals surface area contributed by atoms with Crippen molar-refractivity contribution >= 4 is 0 Å². The maximum Gasteiger partial charge on any atom is 0.119 e. The van der Waals surface area contributed by atoms with Crippen LogP contribution in [0.15, 0.2) is 18.2 Å². The first-order chi connectivity index (χ1) is 9.05. The van der Waals surface area contributed by atoms with E-state index in [1.165, 1.54) is 36.8 Å². The first-order valence-electron chi connectivity index (χ1n) is 7.46. The summed E-state index contributed by atoms with van der Waals surface area (Å²) in [7, 11) is 1.74. The monoisotopic (exact) mass is 261 g/mol. The molecule has 0 radical (unpaired) electrons. The van der Waals surface area contributed by atoms with Crippen LogP contribution in [0.3, 0.4) is 0 Å². The molecule has 0 bridgehead atoms. The van der Waals surface area contributed by atoms with Gasteiger partial charge in [0.25, 0.3) is 0 Å². The molecule has 1 unspecified atom stereocenters. The number of rotatable bonds is 5. The van der Waals surface area contributed by atoms with Crippen molar-refractivity contribution in [2.24, 2.45) is 5.41 Å². The van der Waals surface area contributed by atoms with Gasteiger partial charge in [-0.05, 0) is 54.4 Å². The van der Waals surface area contributed by atoms with Gasteiger partial charge in [0.15, 0.2) is 0 Å². The molecule has 1 aliphatic carbocycles. The van der Waals surface area contributed by atoms with Gasteiger partial charge in [-0.25, -0.2) is 0 Å². The number of ether oxygens (including phenoxy) is 1. The fourth-order valence-electron chi connectivity index (χ4n) is 2.65. The highest BCUT2D eigenvalue weighted by molar-refractivity contribution is 5.39. The van der Waals surface area contributed by atoms with E-state index in [4.69, 9.17) is 4.74 Å². The first kappa shape index (κ1) is 14.4. The van der Waals surface area contributed by atoms with E-state index in [1.807, 2.05) is 0 Å². The van der Waals surface area contributed by atoms with E-state index >= 15 is 0 Å². The van der Waals surface area contributed by atoms with Gasteiger partial charge in [-0.1, -0.05) is 26.8 Å². The number of methoxy groups -OCH3 is 1. The van der Waals surface area contributed by atoms with Crippen molar-refractivity contribution in [3.8, 4) is 5.75 Å². The fraction of sp³-hybridized carbons (Fsp3) is 0.647. The van der Waals surface area contributed by atoms with Crippen LogP contribution in [0.4, 0.5) is 0 Å². The van der Waals surface area contributed by atoms with Gasteiger partial charge in [-0.15, -0.1) is 0 Å². The fourth-order valence-corrected chi connectivity index (χ4v) is 2.65. The Morgan fingerprint density at radius 2 is 2.16 bits per heavy atom. The standard InChI is InChI=1S/C17H27NO/c1-5-17(2,3)12-18-16-8-6-7-13-11-14(19-4)9-10-15(13)16/h9-11,16,18H,5-8,12H2,1-4H3. The molecule has 0 saturated heterocycles. The topological polar surface area (TPSA) is 21.3 Å². The van der Waals surface area contributed by atoms with Crippen LogP contribution in [0.25, 0.3) is 0 Å². The van der Waals surface area contributed by atoms with Crippen LogP contribution in [0.1, 0.15) is 57.2 Å². The van der Waals surface area contributed by atoms with E-state index in [0.717, 1.165) is 12.3 Å². The molecule has 0 heterocycles. The molecule has 1 aromatic rings. The van der Waals surface area contributed by atoms with Gasteiger partial charge in [-0.3, -0.25) is 0 Å². The molecular weight excluding hydrogens is 234 g/mol. The summed E-state index contributed by atoms with van der Waals surface area (Å²) >= 11 is 0. The van der Waals surface area contributed by atoms with E-state index in [1.54, 1.807) is 7.11 Å². The SMILES string of the molecule is CCC(C)(C)CNC1CCCc2cc(OC)ccc21. The molecule has 1 aliphatic rings. The lowest BCUT2D eigenvalue weighted by atomic mass is 9.85. The Morgan fingerprint density at radius 1 is 1.37 bits per heavy atom. The minimum absolute atomic E-state index is 0.379. The Morgan fingerprint density at radius 3 is 2.84 bits per heavy atom. The second kappa shape index (κ2) is 5.96. The summed E-state index contributed by atoms with van der Waals surface area (Å²) in [6, 6.07) is 7.04. The highest BCUT2D eigenvalue weighted by atomic mass is 16.5. The Balaban J connectivity index is 2.09. The zero-order valence-electron chi connectivity index (χ0n) is 12.8. The molecule has 0 amide bonds. The molecule has 1 atom stereocenters. The molecule has 2 rings (SSSR count). The van der Waals surface area contributed by atoms with Crippen molar-refractivity contribution in [1.82, 2.24) is 5.32 Å². The predicted molar refractivity (Wildman–Crippen MR) is 80.7 cm³/mol. The second-order valence-electron chi connectivity index (χ2n) is 6.41. The Kier molecular flexibility index (Phi) is 4.51. The van der Waals surface area contributed by atoms with E-state index in [2.05, 4.69) is 44.3 Å². The van der Waals surface area contributed by atoms with E-state index in [9.17, 15) is 0 Å². The molecular formula is C17H27NO. The van der Waals surface area contributed by atoms with Crippen molar-refractivity contribution in [3.05, 3.63) is 29.3 Å². The zero-order chi connectivity index (χ0) is 13.9. The maximum atomic E-state index is 5.33. The third-order valence-electron chi connectivity index (χ3n) is 4.45. The summed E-state index contributed by atoms with van der Waals surface area (Å²) in [6.07, 6.45) is 4.91. The third kappa shape index (κ3) is 3.50. The highest BCUT2D eigenvalue weighted by Gasteiger charge is 2.23. The lowest BCUT2D eigenvalue weighted by Crippen LogP contribution is -2.33. The van der Waals surface area contributed by atoms with Crippen molar-refractivity contribution in [3.63, 3.8) is 0 Å². The summed E-state index contributed by atoms with van der Waals surface area (Å²) in [5, 5.41) is 3.77. The van der Waals surface area contributed by atoms with Crippen LogP contribution in [0, 0.1) is 5.41 Å². The molecule has 0 spiro atoms. The number of hydrogen-bond donors (Lipinski definition) is 1. The van der Waals surface area contributed by atoms with Crippen molar-refractivity contribution in [1.29, 1.82) is 0 Å². The molecule has 1 N–H and O–H groups in total. The molecule has 19 heavy (non-hydrogen) atoms. The number of aryl methyl sites for hydroxylation is 1. The minimum atomic E-state index is 0.379. The first-order valence-corrected chi connectivity index (χ1v) is 7.46. The smallest absolute Gasteiger partial charge is 0.119 e. The summed E-state index contributed by atoms with van der Waals surface area (Å²) in [4.78, 5) is 0. The van der Waals surface area contributed by atoms with E-state index in [0.29, 0.717) is 11.5 Å². The van der Waals surface area contributed by atoms with Gasteiger partial charge < -0.3 is 10.1 Å². The Bertz CT molecular complexity index is 425. The molecule has 0 fully saturated rings. The minimum Gasteiger partial charge on any atom is -0.497 e. The van der Waals surface area contributed by atoms with Gasteiger partial charge >= 0.3 is 0 Å². The molecule has 0 saturated carbocycles. The molecule has 2 nitrogen and oxygen atoms in total. The summed E-state index contributed by atoms with van der Waals surface area (Å²) in [5.74, 6) is 0.980. The highest BCUT2D eigenvalue weighted by Crippen LogP contribution is 2.33. The average molecular weight is 261 g/mol. The van der Waals surface area contributed by atoms with Gasteiger partial charge in [0.05, 0.1) is 7.11 Å². The lowest BCUT2D eigenvalue weighted by molar-refractivity contribution is 0.299. The lowest BCUT2D eigenvalue weighted by Gasteiger charge is -2.31. The number of nitrogens with one attached hydrogen (secondary N) is 1. The van der Waals surface area contributed by atoms with E-state index in [-0.39, 0.29) is 0 Å². The van der Waals surface area contributed by atoms with Crippen LogP contribution in [0.5, 0.6) is 5.75 Å². The van der Waals surface area contributed by atoms with Crippen LogP contribution < -0.4 is 10.1 Å². The Labute approximate surface area is 117 Å². The predicted octanol–water partition coefficient (Wildman–Crippen LogP) is 4.10. The largest absolute Gasteiger partial charge is 0.497 e.